The highest BCUT2D eigenvalue weighted by Crippen LogP contribution is 2.34. The Morgan fingerprint density at radius 1 is 1.14 bits per heavy atom. The molecule has 0 aliphatic carbocycles. The Balaban J connectivity index is 1.37. The second kappa shape index (κ2) is 9.50. The van der Waals surface area contributed by atoms with E-state index in [1.807, 2.05) is 31.2 Å². The molecule has 5 heterocycles. The van der Waals surface area contributed by atoms with E-state index in [1.54, 1.807) is 31.5 Å². The topological polar surface area (TPSA) is 101 Å². The number of aliphatic hydroxyl groups excluding tert-OH is 1. The highest BCUT2D eigenvalue weighted by Gasteiger charge is 2.32. The number of hydrogen-bond donors (Lipinski definition) is 1. The van der Waals surface area contributed by atoms with E-state index >= 15 is 0 Å². The molecule has 9 heteroatoms. The fourth-order valence-electron chi connectivity index (χ4n) is 4.91. The van der Waals surface area contributed by atoms with Crippen LogP contribution in [0, 0.1) is 12.8 Å². The van der Waals surface area contributed by atoms with Crippen LogP contribution in [0.3, 0.4) is 0 Å². The smallest absolute Gasteiger partial charge is 0.260 e. The lowest BCUT2D eigenvalue weighted by atomic mass is 10.0. The number of hydrogen-bond acceptors (Lipinski definition) is 8. The van der Waals surface area contributed by atoms with E-state index in [1.165, 1.54) is 0 Å². The number of carbonyl (C=O) groups is 1. The Kier molecular flexibility index (Phi) is 6.25. The van der Waals surface area contributed by atoms with E-state index in [2.05, 4.69) is 14.9 Å². The van der Waals surface area contributed by atoms with Crippen LogP contribution in [0.4, 0.5) is 11.5 Å². The van der Waals surface area contributed by atoms with Crippen molar-refractivity contribution >= 4 is 17.4 Å². The van der Waals surface area contributed by atoms with Crippen molar-refractivity contribution in [1.82, 2.24) is 15.0 Å². The van der Waals surface area contributed by atoms with Crippen molar-refractivity contribution in [3.8, 4) is 22.9 Å². The zero-order chi connectivity index (χ0) is 24.5. The predicted octanol–water partition coefficient (Wildman–Crippen LogP) is 3.23. The van der Waals surface area contributed by atoms with Gasteiger partial charge in [0.1, 0.15) is 5.82 Å². The lowest BCUT2D eigenvalue weighted by molar-refractivity contribution is 0.0996. The molecule has 3 aromatic heterocycles. The average molecular weight is 476 g/mol. The van der Waals surface area contributed by atoms with E-state index in [-0.39, 0.29) is 12.5 Å². The monoisotopic (exact) mass is 475 g/mol. The van der Waals surface area contributed by atoms with Crippen molar-refractivity contribution in [2.45, 2.75) is 26.3 Å². The van der Waals surface area contributed by atoms with Gasteiger partial charge in [0.15, 0.2) is 5.75 Å². The van der Waals surface area contributed by atoms with Crippen molar-refractivity contribution in [3.05, 3.63) is 53.5 Å². The molecule has 1 atom stereocenters. The fourth-order valence-corrected chi connectivity index (χ4v) is 4.91. The van der Waals surface area contributed by atoms with Crippen LogP contribution < -0.4 is 19.3 Å². The summed E-state index contributed by atoms with van der Waals surface area (Å²) in [5, 5.41) is 9.20. The summed E-state index contributed by atoms with van der Waals surface area (Å²) in [5.41, 5.74) is 4.49. The largest absolute Gasteiger partial charge is 0.491 e. The number of fused-ring (bicyclic) bond motifs is 1. The van der Waals surface area contributed by atoms with Gasteiger partial charge < -0.3 is 24.4 Å². The Bertz CT molecular complexity index is 1250. The lowest BCUT2D eigenvalue weighted by Crippen LogP contribution is -2.24. The standard InChI is InChI=1S/C26H29N5O4/c1-16-10-20(18-11-22(34-2)25(35-3)28-12-18)29-21-15-31(26(33)24(16)21)19-4-5-23(27-13-19)30-8-6-17(14-30)7-9-32/h4-5,10-13,17,32H,6-9,14-15H2,1-3H3. The third kappa shape index (κ3) is 4.27. The van der Waals surface area contributed by atoms with Crippen LogP contribution in [0.5, 0.6) is 11.6 Å². The summed E-state index contributed by atoms with van der Waals surface area (Å²) >= 11 is 0. The molecule has 2 aliphatic rings. The molecular formula is C26H29N5O4. The minimum absolute atomic E-state index is 0.0688. The maximum Gasteiger partial charge on any atom is 0.260 e. The number of ether oxygens (including phenoxy) is 2. The van der Waals surface area contributed by atoms with E-state index < -0.39 is 0 Å². The number of carbonyl (C=O) groups excluding carboxylic acids is 1. The summed E-state index contributed by atoms with van der Waals surface area (Å²) in [5.74, 6) is 2.26. The Morgan fingerprint density at radius 2 is 2.00 bits per heavy atom. The third-order valence-corrected chi connectivity index (χ3v) is 6.78. The Morgan fingerprint density at radius 3 is 2.71 bits per heavy atom. The first kappa shape index (κ1) is 23.0. The quantitative estimate of drug-likeness (QED) is 0.556. The fraction of sp³-hybridized carbons (Fsp3) is 0.385. The molecule has 182 valence electrons. The number of aryl methyl sites for hydroxylation is 1. The molecule has 5 rings (SSSR count). The average Bonchev–Trinajstić information content (AvgIpc) is 3.48. The first-order valence-corrected chi connectivity index (χ1v) is 11.7. The maximum atomic E-state index is 13.3. The van der Waals surface area contributed by atoms with Crippen molar-refractivity contribution in [1.29, 1.82) is 0 Å². The van der Waals surface area contributed by atoms with Gasteiger partial charge in [-0.05, 0) is 55.5 Å². The van der Waals surface area contributed by atoms with Crippen molar-refractivity contribution in [3.63, 3.8) is 0 Å². The van der Waals surface area contributed by atoms with Crippen LogP contribution in [0.15, 0.2) is 36.7 Å². The molecule has 0 bridgehead atoms. The SMILES string of the molecule is COc1cc(-c2cc(C)c3c(n2)CN(c2ccc(N4CCC(CCO)C4)nc2)C3=O)cnc1OC. The van der Waals surface area contributed by atoms with Crippen LogP contribution >= 0.6 is 0 Å². The molecule has 1 N–H and O–H groups in total. The molecule has 9 nitrogen and oxygen atoms in total. The van der Waals surface area contributed by atoms with Gasteiger partial charge in [0.25, 0.3) is 11.8 Å². The second-order valence-electron chi connectivity index (χ2n) is 8.96. The number of rotatable bonds is 7. The first-order valence-electron chi connectivity index (χ1n) is 11.7. The summed E-state index contributed by atoms with van der Waals surface area (Å²) in [6.45, 7) is 4.37. The summed E-state index contributed by atoms with van der Waals surface area (Å²) < 4.78 is 10.6. The Hall–Kier alpha value is -3.72. The minimum atomic E-state index is -0.0688. The molecule has 0 radical (unpaired) electrons. The third-order valence-electron chi connectivity index (χ3n) is 6.78. The number of pyridine rings is 3. The van der Waals surface area contributed by atoms with Crippen LogP contribution in [-0.2, 0) is 6.54 Å². The van der Waals surface area contributed by atoms with Crippen LogP contribution in [0.25, 0.3) is 11.3 Å². The molecule has 1 saturated heterocycles. The van der Waals surface area contributed by atoms with Gasteiger partial charge in [-0.1, -0.05) is 0 Å². The van der Waals surface area contributed by atoms with Crippen LogP contribution in [0.2, 0.25) is 0 Å². The Labute approximate surface area is 204 Å². The molecule has 0 aromatic carbocycles. The number of nitrogens with zero attached hydrogens (tertiary/aromatic N) is 5. The molecule has 1 amide bonds. The molecular weight excluding hydrogens is 446 g/mol. The maximum absolute atomic E-state index is 13.3. The molecule has 1 unspecified atom stereocenters. The normalized spacial score (nSPS) is 17.1. The molecule has 2 aliphatic heterocycles. The highest BCUT2D eigenvalue weighted by molar-refractivity contribution is 6.10. The van der Waals surface area contributed by atoms with Crippen molar-refractivity contribution in [2.24, 2.45) is 5.92 Å². The summed E-state index contributed by atoms with van der Waals surface area (Å²) in [7, 11) is 3.11. The number of amides is 1. The van der Waals surface area contributed by atoms with E-state index in [0.29, 0.717) is 29.7 Å². The van der Waals surface area contributed by atoms with E-state index in [9.17, 15) is 9.90 Å². The molecule has 1 fully saturated rings. The van der Waals surface area contributed by atoms with Crippen LogP contribution in [0.1, 0.15) is 34.5 Å². The highest BCUT2D eigenvalue weighted by atomic mass is 16.5. The molecule has 3 aromatic rings. The van der Waals surface area contributed by atoms with Gasteiger partial charge in [-0.3, -0.25) is 9.78 Å². The number of aromatic nitrogens is 3. The van der Waals surface area contributed by atoms with Gasteiger partial charge in [-0.2, -0.15) is 0 Å². The predicted molar refractivity (Wildman–Crippen MR) is 132 cm³/mol. The van der Waals surface area contributed by atoms with Crippen molar-refractivity contribution < 1.29 is 19.4 Å². The molecule has 0 saturated carbocycles. The lowest BCUT2D eigenvalue weighted by Gasteiger charge is -2.20. The molecule has 35 heavy (non-hydrogen) atoms. The molecule has 0 spiro atoms. The van der Waals surface area contributed by atoms with E-state index in [0.717, 1.165) is 60.0 Å². The van der Waals surface area contributed by atoms with Gasteiger partial charge in [0.05, 0.1) is 49.6 Å². The number of aliphatic hydroxyl groups is 1. The first-order chi connectivity index (χ1) is 17.0. The summed E-state index contributed by atoms with van der Waals surface area (Å²) in [6.07, 6.45) is 5.33. The van der Waals surface area contributed by atoms with Gasteiger partial charge in [0, 0.05) is 31.5 Å². The number of anilines is 2. The number of methoxy groups -OCH3 is 2. The second-order valence-corrected chi connectivity index (χ2v) is 8.96. The van der Waals surface area contributed by atoms with Crippen molar-refractivity contribution in [2.75, 3.05) is 43.7 Å². The van der Waals surface area contributed by atoms with Gasteiger partial charge >= 0.3 is 0 Å². The van der Waals surface area contributed by atoms with Gasteiger partial charge in [0.2, 0.25) is 0 Å². The van der Waals surface area contributed by atoms with E-state index in [4.69, 9.17) is 14.5 Å². The zero-order valence-corrected chi connectivity index (χ0v) is 20.2. The summed E-state index contributed by atoms with van der Waals surface area (Å²) in [4.78, 5) is 31.0. The van der Waals surface area contributed by atoms with Crippen LogP contribution in [-0.4, -0.2) is 59.9 Å². The minimum Gasteiger partial charge on any atom is -0.491 e. The van der Waals surface area contributed by atoms with Gasteiger partial charge in [-0.25, -0.2) is 9.97 Å². The van der Waals surface area contributed by atoms with Gasteiger partial charge in [-0.15, -0.1) is 0 Å². The zero-order valence-electron chi connectivity index (χ0n) is 20.2. The summed E-state index contributed by atoms with van der Waals surface area (Å²) in [6, 6.07) is 7.65.